The molecule has 12 heteroatoms. The number of para-hydroxylation sites is 3. The van der Waals surface area contributed by atoms with Gasteiger partial charge in [0.1, 0.15) is 5.75 Å². The number of ether oxygens (including phenoxy) is 1. The predicted octanol–water partition coefficient (Wildman–Crippen LogP) is 4.70. The molecule has 1 amide bonds. The smallest absolute Gasteiger partial charge is 0.241 e. The van der Waals surface area contributed by atoms with Crippen LogP contribution in [-0.2, 0) is 21.4 Å². The summed E-state index contributed by atoms with van der Waals surface area (Å²) in [7, 11) is -2.04. The van der Waals surface area contributed by atoms with Gasteiger partial charge < -0.3 is 15.4 Å². The number of nitrogens with zero attached hydrogens (tertiary/aromatic N) is 3. The molecule has 0 aliphatic rings. The first-order chi connectivity index (χ1) is 19.1. The number of amides is 1. The molecule has 0 spiro atoms. The Balaban J connectivity index is 1.44. The number of thioether (sulfide) groups is 1. The normalized spacial score (nSPS) is 11.7. The van der Waals surface area contributed by atoms with Gasteiger partial charge in [0.2, 0.25) is 15.9 Å². The highest BCUT2D eigenvalue weighted by atomic mass is 32.2. The summed E-state index contributed by atoms with van der Waals surface area (Å²) in [6.07, 6.45) is 0. The van der Waals surface area contributed by atoms with Crippen molar-refractivity contribution in [2.45, 2.75) is 42.9 Å². The number of benzene rings is 3. The van der Waals surface area contributed by atoms with Gasteiger partial charge in [0.05, 0.1) is 30.0 Å². The molecule has 3 aromatic carbocycles. The Morgan fingerprint density at radius 1 is 0.950 bits per heavy atom. The Bertz CT molecular complexity index is 1550. The molecule has 0 unspecified atom stereocenters. The zero-order chi connectivity index (χ0) is 28.8. The standard InChI is InChI=1S/C28H32N6O4S2/c1-28(2,3)33-40(36,37)22-16-14-20(15-17-22)30-26(35)19-39-27-32-31-25(34(27)21-10-6-5-7-11-21)18-29-23-12-8-9-13-24(23)38-4/h5-17,29,33H,18-19H2,1-4H3,(H,30,35). The van der Waals surface area contributed by atoms with Crippen molar-refractivity contribution < 1.29 is 17.9 Å². The van der Waals surface area contributed by atoms with Gasteiger partial charge in [0, 0.05) is 16.9 Å². The van der Waals surface area contributed by atoms with Crippen molar-refractivity contribution in [3.8, 4) is 11.4 Å². The van der Waals surface area contributed by atoms with Crippen LogP contribution in [0.3, 0.4) is 0 Å². The van der Waals surface area contributed by atoms with E-state index in [0.717, 1.165) is 17.1 Å². The molecule has 0 saturated heterocycles. The third-order valence-corrected chi connectivity index (χ3v) is 8.18. The molecule has 0 saturated carbocycles. The molecule has 0 fully saturated rings. The van der Waals surface area contributed by atoms with Crippen LogP contribution in [0.5, 0.6) is 5.75 Å². The Hall–Kier alpha value is -3.87. The summed E-state index contributed by atoms with van der Waals surface area (Å²) in [5.41, 5.74) is 1.58. The highest BCUT2D eigenvalue weighted by molar-refractivity contribution is 7.99. The van der Waals surface area contributed by atoms with Crippen LogP contribution in [0, 0.1) is 0 Å². The van der Waals surface area contributed by atoms with Crippen molar-refractivity contribution >= 4 is 39.1 Å². The fourth-order valence-electron chi connectivity index (χ4n) is 3.82. The lowest BCUT2D eigenvalue weighted by Gasteiger charge is -2.20. The van der Waals surface area contributed by atoms with Gasteiger partial charge in [-0.1, -0.05) is 42.1 Å². The Labute approximate surface area is 238 Å². The van der Waals surface area contributed by atoms with Crippen molar-refractivity contribution in [1.29, 1.82) is 0 Å². The summed E-state index contributed by atoms with van der Waals surface area (Å²) >= 11 is 1.25. The third-order valence-electron chi connectivity index (χ3n) is 5.48. The lowest BCUT2D eigenvalue weighted by atomic mass is 10.1. The molecule has 0 bridgehead atoms. The number of hydrogen-bond donors (Lipinski definition) is 3. The predicted molar refractivity (Wildman–Crippen MR) is 158 cm³/mol. The van der Waals surface area contributed by atoms with Gasteiger partial charge in [-0.15, -0.1) is 10.2 Å². The van der Waals surface area contributed by atoms with Gasteiger partial charge in [-0.3, -0.25) is 9.36 Å². The van der Waals surface area contributed by atoms with E-state index in [-0.39, 0.29) is 16.6 Å². The first kappa shape index (κ1) is 29.1. The average molecular weight is 581 g/mol. The van der Waals surface area contributed by atoms with Crippen LogP contribution in [0.15, 0.2) is 88.9 Å². The summed E-state index contributed by atoms with van der Waals surface area (Å²) < 4.78 is 35.0. The van der Waals surface area contributed by atoms with Gasteiger partial charge in [0.25, 0.3) is 0 Å². The maximum Gasteiger partial charge on any atom is 0.241 e. The molecule has 0 aliphatic heterocycles. The number of methoxy groups -OCH3 is 1. The second kappa shape index (κ2) is 12.5. The third kappa shape index (κ3) is 7.62. The monoisotopic (exact) mass is 580 g/mol. The number of carbonyl (C=O) groups is 1. The fourth-order valence-corrected chi connectivity index (χ4v) is 6.01. The van der Waals surface area contributed by atoms with Gasteiger partial charge in [-0.25, -0.2) is 13.1 Å². The molecule has 40 heavy (non-hydrogen) atoms. The molecule has 10 nitrogen and oxygen atoms in total. The van der Waals surface area contributed by atoms with Crippen LogP contribution < -0.4 is 20.1 Å². The zero-order valence-corrected chi connectivity index (χ0v) is 24.3. The molecular formula is C28H32N6O4S2. The first-order valence-corrected chi connectivity index (χ1v) is 15.0. The fraction of sp³-hybridized carbons (Fsp3) is 0.250. The SMILES string of the molecule is COc1ccccc1NCc1nnc(SCC(=O)Nc2ccc(S(=O)(=O)NC(C)(C)C)cc2)n1-c1ccccc1. The van der Waals surface area contributed by atoms with Crippen molar-refractivity contribution in [1.82, 2.24) is 19.5 Å². The Kier molecular flexibility index (Phi) is 9.13. The van der Waals surface area contributed by atoms with E-state index in [2.05, 4.69) is 25.6 Å². The maximum atomic E-state index is 12.7. The van der Waals surface area contributed by atoms with E-state index in [1.807, 2.05) is 59.2 Å². The molecule has 0 aliphatic carbocycles. The number of rotatable bonds is 11. The molecule has 210 valence electrons. The minimum absolute atomic E-state index is 0.0799. The van der Waals surface area contributed by atoms with E-state index in [9.17, 15) is 13.2 Å². The largest absolute Gasteiger partial charge is 0.495 e. The minimum Gasteiger partial charge on any atom is -0.495 e. The van der Waals surface area contributed by atoms with E-state index in [4.69, 9.17) is 4.74 Å². The van der Waals surface area contributed by atoms with Crippen molar-refractivity contribution in [3.63, 3.8) is 0 Å². The van der Waals surface area contributed by atoms with Crippen LogP contribution in [0.2, 0.25) is 0 Å². The van der Waals surface area contributed by atoms with E-state index in [1.54, 1.807) is 40.0 Å². The van der Waals surface area contributed by atoms with Gasteiger partial charge in [0.15, 0.2) is 11.0 Å². The Morgan fingerprint density at radius 2 is 1.62 bits per heavy atom. The van der Waals surface area contributed by atoms with Crippen LogP contribution in [0.4, 0.5) is 11.4 Å². The van der Waals surface area contributed by atoms with E-state index >= 15 is 0 Å². The second-order valence-electron chi connectivity index (χ2n) is 9.84. The number of aromatic nitrogens is 3. The van der Waals surface area contributed by atoms with Crippen LogP contribution in [0.25, 0.3) is 5.69 Å². The van der Waals surface area contributed by atoms with Gasteiger partial charge >= 0.3 is 0 Å². The number of anilines is 2. The topological polar surface area (TPSA) is 127 Å². The summed E-state index contributed by atoms with van der Waals surface area (Å²) in [6, 6.07) is 23.3. The minimum atomic E-state index is -3.66. The summed E-state index contributed by atoms with van der Waals surface area (Å²) in [6.45, 7) is 5.70. The molecular weight excluding hydrogens is 548 g/mol. The summed E-state index contributed by atoms with van der Waals surface area (Å²) in [4.78, 5) is 12.9. The van der Waals surface area contributed by atoms with E-state index in [1.165, 1.54) is 23.9 Å². The van der Waals surface area contributed by atoms with Crippen molar-refractivity contribution in [2.24, 2.45) is 0 Å². The second-order valence-corrected chi connectivity index (χ2v) is 12.5. The van der Waals surface area contributed by atoms with Crippen LogP contribution >= 0.6 is 11.8 Å². The average Bonchev–Trinajstić information content (AvgIpc) is 3.33. The molecule has 4 rings (SSSR count). The quantitative estimate of drug-likeness (QED) is 0.218. The molecule has 0 radical (unpaired) electrons. The highest BCUT2D eigenvalue weighted by Gasteiger charge is 2.22. The number of sulfonamides is 1. The molecule has 0 atom stereocenters. The van der Waals surface area contributed by atoms with Gasteiger partial charge in [-0.2, -0.15) is 0 Å². The first-order valence-electron chi connectivity index (χ1n) is 12.5. The molecule has 1 aromatic heterocycles. The lowest BCUT2D eigenvalue weighted by molar-refractivity contribution is -0.113. The Morgan fingerprint density at radius 3 is 2.30 bits per heavy atom. The summed E-state index contributed by atoms with van der Waals surface area (Å²) in [5.74, 6) is 1.21. The zero-order valence-electron chi connectivity index (χ0n) is 22.7. The van der Waals surface area contributed by atoms with E-state index < -0.39 is 15.6 Å². The number of carbonyl (C=O) groups excluding carboxylic acids is 1. The highest BCUT2D eigenvalue weighted by Crippen LogP contribution is 2.26. The van der Waals surface area contributed by atoms with Crippen LogP contribution in [0.1, 0.15) is 26.6 Å². The molecule has 4 aromatic rings. The molecule has 1 heterocycles. The summed E-state index contributed by atoms with van der Waals surface area (Å²) in [5, 5.41) is 15.4. The maximum absolute atomic E-state index is 12.7. The number of hydrogen-bond acceptors (Lipinski definition) is 8. The van der Waals surface area contributed by atoms with Gasteiger partial charge in [-0.05, 0) is 69.3 Å². The molecule has 3 N–H and O–H groups in total. The van der Waals surface area contributed by atoms with Crippen molar-refractivity contribution in [2.75, 3.05) is 23.5 Å². The van der Waals surface area contributed by atoms with Crippen LogP contribution in [-0.4, -0.2) is 47.5 Å². The lowest BCUT2D eigenvalue weighted by Crippen LogP contribution is -2.40. The van der Waals surface area contributed by atoms with E-state index in [0.29, 0.717) is 23.2 Å². The van der Waals surface area contributed by atoms with Crippen molar-refractivity contribution in [3.05, 3.63) is 84.7 Å². The number of nitrogens with one attached hydrogen (secondary N) is 3.